The van der Waals surface area contributed by atoms with E-state index in [1.54, 1.807) is 7.11 Å². The highest BCUT2D eigenvalue weighted by Gasteiger charge is 2.38. The van der Waals surface area contributed by atoms with E-state index in [4.69, 9.17) is 9.15 Å². The third-order valence-electron chi connectivity index (χ3n) is 5.15. The fourth-order valence-corrected chi connectivity index (χ4v) is 3.99. The van der Waals surface area contributed by atoms with Crippen molar-refractivity contribution in [2.24, 2.45) is 5.92 Å². The predicted octanol–water partition coefficient (Wildman–Crippen LogP) is 3.26. The molecular formula is C18H24ClN3O3. The number of aromatic nitrogens is 1. The molecule has 136 valence electrons. The Morgan fingerprint density at radius 1 is 1.40 bits per heavy atom. The second-order valence-electron chi connectivity index (χ2n) is 6.82. The number of methoxy groups -OCH3 is 1. The van der Waals surface area contributed by atoms with Gasteiger partial charge < -0.3 is 19.8 Å². The third-order valence-corrected chi connectivity index (χ3v) is 5.15. The van der Waals surface area contributed by atoms with Crippen LogP contribution in [0.5, 0.6) is 0 Å². The Hall–Kier alpha value is -1.63. The normalized spacial score (nSPS) is 25.4. The minimum absolute atomic E-state index is 0. The van der Waals surface area contributed by atoms with E-state index in [-0.39, 0.29) is 24.4 Å². The molecule has 2 aromatic rings. The summed E-state index contributed by atoms with van der Waals surface area (Å²) in [6.45, 7) is 0.338. The Labute approximate surface area is 153 Å². The van der Waals surface area contributed by atoms with Gasteiger partial charge in [-0.25, -0.2) is 4.98 Å². The van der Waals surface area contributed by atoms with Gasteiger partial charge >= 0.3 is 0 Å². The second-order valence-corrected chi connectivity index (χ2v) is 6.82. The maximum atomic E-state index is 12.6. The van der Waals surface area contributed by atoms with Gasteiger partial charge in [0.25, 0.3) is 0 Å². The maximum absolute atomic E-state index is 12.6. The molecule has 2 fully saturated rings. The summed E-state index contributed by atoms with van der Waals surface area (Å²) in [4.78, 5) is 16.9. The number of nitrogens with zero attached hydrogens (tertiary/aromatic N) is 1. The maximum Gasteiger partial charge on any atom is 0.241 e. The van der Waals surface area contributed by atoms with Crippen molar-refractivity contribution < 1.29 is 13.9 Å². The van der Waals surface area contributed by atoms with E-state index in [1.165, 1.54) is 25.7 Å². The number of hydrogen-bond donors (Lipinski definition) is 2. The quantitative estimate of drug-likeness (QED) is 0.869. The molecule has 7 heteroatoms. The number of rotatable bonds is 4. The third kappa shape index (κ3) is 3.81. The SMILES string of the molecule is COCc1nc2cc(NC(=O)C3CC4CCCCC4N3)ccc2o1.Cl. The van der Waals surface area contributed by atoms with Gasteiger partial charge in [-0.3, -0.25) is 4.79 Å². The highest BCUT2D eigenvalue weighted by Crippen LogP contribution is 2.33. The monoisotopic (exact) mass is 365 g/mol. The van der Waals surface area contributed by atoms with Crippen molar-refractivity contribution in [2.75, 3.05) is 12.4 Å². The van der Waals surface area contributed by atoms with Gasteiger partial charge in [0.1, 0.15) is 12.1 Å². The minimum atomic E-state index is -0.0878. The summed E-state index contributed by atoms with van der Waals surface area (Å²) in [6.07, 6.45) is 5.95. The number of carbonyl (C=O) groups excluding carboxylic acids is 1. The number of nitrogens with one attached hydrogen (secondary N) is 2. The number of halogens is 1. The molecule has 1 saturated heterocycles. The van der Waals surface area contributed by atoms with Crippen LogP contribution in [0.25, 0.3) is 11.1 Å². The fraction of sp³-hybridized carbons (Fsp3) is 0.556. The number of ether oxygens (including phenoxy) is 1. The Morgan fingerprint density at radius 3 is 3.04 bits per heavy atom. The molecule has 2 aliphatic rings. The molecule has 0 radical (unpaired) electrons. The summed E-state index contributed by atoms with van der Waals surface area (Å²) in [7, 11) is 1.60. The second kappa shape index (κ2) is 7.72. The number of benzene rings is 1. The van der Waals surface area contributed by atoms with Crippen LogP contribution in [0, 0.1) is 5.92 Å². The standard InChI is InChI=1S/C18H23N3O3.ClH/c1-23-10-17-21-14-9-12(6-7-16(14)24-17)19-18(22)15-8-11-4-2-3-5-13(11)20-15;/h6-7,9,11,13,15,20H,2-5,8,10H2,1H3,(H,19,22);1H. The lowest BCUT2D eigenvalue weighted by Crippen LogP contribution is -2.39. The number of oxazole rings is 1. The van der Waals surface area contributed by atoms with Gasteiger partial charge in [0.05, 0.1) is 6.04 Å². The zero-order valence-electron chi connectivity index (χ0n) is 14.3. The molecule has 1 aliphatic carbocycles. The van der Waals surface area contributed by atoms with Gasteiger partial charge in [0, 0.05) is 18.8 Å². The molecule has 2 N–H and O–H groups in total. The number of carbonyl (C=O) groups is 1. The fourth-order valence-electron chi connectivity index (χ4n) is 3.99. The lowest BCUT2D eigenvalue weighted by Gasteiger charge is -2.24. The highest BCUT2D eigenvalue weighted by atomic mass is 35.5. The summed E-state index contributed by atoms with van der Waals surface area (Å²) in [6, 6.07) is 5.96. The van der Waals surface area contributed by atoms with Crippen LogP contribution in [0.15, 0.2) is 22.6 Å². The van der Waals surface area contributed by atoms with Crippen LogP contribution in [0.3, 0.4) is 0 Å². The summed E-state index contributed by atoms with van der Waals surface area (Å²) in [5.41, 5.74) is 2.18. The molecule has 4 rings (SSSR count). The number of hydrogen-bond acceptors (Lipinski definition) is 5. The number of anilines is 1. The minimum Gasteiger partial charge on any atom is -0.438 e. The van der Waals surface area contributed by atoms with Crippen molar-refractivity contribution >= 4 is 35.1 Å². The zero-order valence-corrected chi connectivity index (χ0v) is 15.1. The molecule has 2 heterocycles. The van der Waals surface area contributed by atoms with Crippen LogP contribution >= 0.6 is 12.4 Å². The molecule has 0 spiro atoms. The summed E-state index contributed by atoms with van der Waals surface area (Å²) >= 11 is 0. The van der Waals surface area contributed by atoms with Crippen LogP contribution in [0.1, 0.15) is 38.0 Å². The molecular weight excluding hydrogens is 342 g/mol. The van der Waals surface area contributed by atoms with Crippen LogP contribution < -0.4 is 10.6 Å². The Morgan fingerprint density at radius 2 is 2.24 bits per heavy atom. The summed E-state index contributed by atoms with van der Waals surface area (Å²) < 4.78 is 10.6. The first-order chi connectivity index (χ1) is 11.7. The van der Waals surface area contributed by atoms with Gasteiger partial charge in [0.2, 0.25) is 11.8 Å². The van der Waals surface area contributed by atoms with E-state index >= 15 is 0 Å². The molecule has 6 nitrogen and oxygen atoms in total. The first-order valence-corrected chi connectivity index (χ1v) is 8.68. The van der Waals surface area contributed by atoms with Crippen molar-refractivity contribution in [1.29, 1.82) is 0 Å². The topological polar surface area (TPSA) is 76.4 Å². The largest absolute Gasteiger partial charge is 0.438 e. The summed E-state index contributed by atoms with van der Waals surface area (Å²) in [5.74, 6) is 1.24. The average Bonchev–Trinajstić information content (AvgIpc) is 3.18. The Kier molecular flexibility index (Phi) is 5.61. The van der Waals surface area contributed by atoms with E-state index < -0.39 is 0 Å². The first kappa shape index (κ1) is 18.2. The molecule has 1 aliphatic heterocycles. The van der Waals surface area contributed by atoms with Crippen molar-refractivity contribution in [3.05, 3.63) is 24.1 Å². The molecule has 3 unspecified atom stereocenters. The van der Waals surface area contributed by atoms with Crippen LogP contribution in [-0.4, -0.2) is 30.1 Å². The van der Waals surface area contributed by atoms with E-state index in [1.807, 2.05) is 18.2 Å². The number of amides is 1. The highest BCUT2D eigenvalue weighted by molar-refractivity contribution is 5.96. The Bertz CT molecular complexity index is 734. The van der Waals surface area contributed by atoms with Crippen molar-refractivity contribution in [3.8, 4) is 0 Å². The van der Waals surface area contributed by atoms with Crippen molar-refractivity contribution in [2.45, 2.75) is 50.8 Å². The molecule has 1 amide bonds. The van der Waals surface area contributed by atoms with Crippen LogP contribution in [0.2, 0.25) is 0 Å². The molecule has 25 heavy (non-hydrogen) atoms. The van der Waals surface area contributed by atoms with Gasteiger partial charge in [-0.1, -0.05) is 12.8 Å². The van der Waals surface area contributed by atoms with Gasteiger partial charge in [-0.2, -0.15) is 0 Å². The van der Waals surface area contributed by atoms with Gasteiger partial charge in [-0.05, 0) is 43.4 Å². The zero-order chi connectivity index (χ0) is 16.5. The van der Waals surface area contributed by atoms with Gasteiger partial charge in [0.15, 0.2) is 5.58 Å². The molecule has 3 atom stereocenters. The van der Waals surface area contributed by atoms with Crippen LogP contribution in [0.4, 0.5) is 5.69 Å². The van der Waals surface area contributed by atoms with E-state index in [0.29, 0.717) is 30.0 Å². The summed E-state index contributed by atoms with van der Waals surface area (Å²) in [5, 5.41) is 6.52. The lowest BCUT2D eigenvalue weighted by atomic mass is 9.85. The van der Waals surface area contributed by atoms with Gasteiger partial charge in [-0.15, -0.1) is 12.4 Å². The number of fused-ring (bicyclic) bond motifs is 2. The van der Waals surface area contributed by atoms with E-state index in [2.05, 4.69) is 15.6 Å². The van der Waals surface area contributed by atoms with Crippen molar-refractivity contribution in [1.82, 2.24) is 10.3 Å². The van der Waals surface area contributed by atoms with E-state index in [9.17, 15) is 4.79 Å². The average molecular weight is 366 g/mol. The van der Waals surface area contributed by atoms with E-state index in [0.717, 1.165) is 17.6 Å². The first-order valence-electron chi connectivity index (χ1n) is 8.68. The smallest absolute Gasteiger partial charge is 0.241 e. The molecule has 1 saturated carbocycles. The lowest BCUT2D eigenvalue weighted by molar-refractivity contribution is -0.117. The molecule has 1 aromatic carbocycles. The Balaban J connectivity index is 0.00000182. The molecule has 1 aromatic heterocycles. The van der Waals surface area contributed by atoms with Crippen molar-refractivity contribution in [3.63, 3.8) is 0 Å². The molecule has 0 bridgehead atoms. The predicted molar refractivity (Wildman–Crippen MR) is 97.9 cm³/mol. The van der Waals surface area contributed by atoms with Crippen LogP contribution in [-0.2, 0) is 16.1 Å².